The Kier molecular flexibility index (Phi) is 7.35. The lowest BCUT2D eigenvalue weighted by Crippen LogP contribution is -2.36. The average Bonchev–Trinajstić information content (AvgIpc) is 2.99. The van der Waals surface area contributed by atoms with Crippen molar-refractivity contribution in [1.29, 1.82) is 0 Å². The summed E-state index contributed by atoms with van der Waals surface area (Å²) in [5, 5.41) is 3.11. The number of nitrogens with one attached hydrogen (secondary N) is 1. The average molecular weight is 404 g/mol. The van der Waals surface area contributed by atoms with Crippen molar-refractivity contribution < 1.29 is 4.79 Å². The summed E-state index contributed by atoms with van der Waals surface area (Å²) in [6.45, 7) is 9.62. The molecule has 1 saturated heterocycles. The molecule has 0 aliphatic carbocycles. The minimum atomic E-state index is 0.0868. The molecular weight excluding hydrogens is 374 g/mol. The first kappa shape index (κ1) is 20.4. The molecule has 1 aromatic carbocycles. The smallest absolute Gasteiger partial charge is 0.238 e. The minimum absolute atomic E-state index is 0.0868. The molecule has 1 fully saturated rings. The van der Waals surface area contributed by atoms with Crippen LogP contribution in [0.25, 0.3) is 0 Å². The summed E-state index contributed by atoms with van der Waals surface area (Å²) in [7, 11) is 0. The number of hydrogen-bond donors (Lipinski definition) is 1. The topological polar surface area (TPSA) is 35.6 Å². The van der Waals surface area contributed by atoms with Crippen LogP contribution >= 0.6 is 23.1 Å². The lowest BCUT2D eigenvalue weighted by atomic mass is 10.1. The Hall–Kier alpha value is -1.34. The number of carbonyl (C=O) groups excluding carboxylic acids is 1. The third-order valence-electron chi connectivity index (χ3n) is 5.01. The number of para-hydroxylation sites is 1. The van der Waals surface area contributed by atoms with Gasteiger partial charge in [0.25, 0.3) is 0 Å². The molecule has 0 spiro atoms. The van der Waals surface area contributed by atoms with Crippen molar-refractivity contribution in [3.8, 4) is 0 Å². The van der Waals surface area contributed by atoms with Crippen LogP contribution in [0.4, 0.5) is 5.69 Å². The van der Waals surface area contributed by atoms with Gasteiger partial charge in [-0.3, -0.25) is 14.6 Å². The zero-order chi connectivity index (χ0) is 19.2. The van der Waals surface area contributed by atoms with Gasteiger partial charge in [-0.25, -0.2) is 0 Å². The van der Waals surface area contributed by atoms with Crippen LogP contribution in [0.2, 0.25) is 0 Å². The third-order valence-corrected chi connectivity index (χ3v) is 7.16. The molecule has 0 unspecified atom stereocenters. The number of hydrogen-bond acceptors (Lipinski definition) is 5. The van der Waals surface area contributed by atoms with Gasteiger partial charge >= 0.3 is 0 Å². The number of thioether (sulfide) groups is 1. The van der Waals surface area contributed by atoms with E-state index in [4.69, 9.17) is 0 Å². The fourth-order valence-corrected chi connectivity index (χ4v) is 5.14. The maximum atomic E-state index is 12.5. The van der Waals surface area contributed by atoms with E-state index >= 15 is 0 Å². The van der Waals surface area contributed by atoms with Gasteiger partial charge in [0.1, 0.15) is 0 Å². The Morgan fingerprint density at radius 2 is 1.78 bits per heavy atom. The monoisotopic (exact) mass is 403 g/mol. The summed E-state index contributed by atoms with van der Waals surface area (Å²) in [6.07, 6.45) is 3.24. The van der Waals surface area contributed by atoms with Crippen LogP contribution in [0.5, 0.6) is 0 Å². The predicted molar refractivity (Wildman–Crippen MR) is 117 cm³/mol. The zero-order valence-corrected chi connectivity index (χ0v) is 18.1. The maximum Gasteiger partial charge on any atom is 0.238 e. The Bertz CT molecular complexity index is 754. The quantitative estimate of drug-likeness (QED) is 0.732. The Labute approximate surface area is 170 Å². The first-order valence-corrected chi connectivity index (χ1v) is 11.5. The second kappa shape index (κ2) is 9.73. The number of carbonyl (C=O) groups is 1. The molecule has 1 amide bonds. The van der Waals surface area contributed by atoms with Gasteiger partial charge < -0.3 is 5.32 Å². The normalized spacial score (nSPS) is 16.3. The second-order valence-corrected chi connectivity index (χ2v) is 9.42. The number of rotatable bonds is 6. The van der Waals surface area contributed by atoms with Crippen molar-refractivity contribution in [1.82, 2.24) is 9.80 Å². The highest BCUT2D eigenvalue weighted by Crippen LogP contribution is 2.26. The summed E-state index contributed by atoms with van der Waals surface area (Å²) in [5.41, 5.74) is 3.19. The molecule has 1 aliphatic heterocycles. The van der Waals surface area contributed by atoms with E-state index in [0.29, 0.717) is 6.54 Å². The molecule has 0 saturated carbocycles. The van der Waals surface area contributed by atoms with Crippen LogP contribution in [0, 0.1) is 13.8 Å². The highest BCUT2D eigenvalue weighted by molar-refractivity contribution is 8.00. The molecule has 0 atom stereocenters. The van der Waals surface area contributed by atoms with E-state index in [-0.39, 0.29) is 5.91 Å². The molecule has 1 aromatic heterocycles. The third kappa shape index (κ3) is 5.82. The van der Waals surface area contributed by atoms with Crippen molar-refractivity contribution in [2.45, 2.75) is 31.0 Å². The summed E-state index contributed by atoms with van der Waals surface area (Å²) in [6, 6.07) is 10.6. The largest absolute Gasteiger partial charge is 0.324 e. The van der Waals surface area contributed by atoms with E-state index in [1.807, 2.05) is 55.1 Å². The highest BCUT2D eigenvalue weighted by atomic mass is 32.2. The summed E-state index contributed by atoms with van der Waals surface area (Å²) >= 11 is 3.71. The Morgan fingerprint density at radius 1 is 1.07 bits per heavy atom. The van der Waals surface area contributed by atoms with E-state index in [0.717, 1.165) is 56.0 Å². The number of anilines is 1. The molecule has 0 bridgehead atoms. The van der Waals surface area contributed by atoms with Crippen LogP contribution in [0.3, 0.4) is 0 Å². The van der Waals surface area contributed by atoms with E-state index in [9.17, 15) is 4.79 Å². The number of aryl methyl sites for hydroxylation is 2. The van der Waals surface area contributed by atoms with E-state index in [2.05, 4.69) is 33.5 Å². The molecule has 2 heterocycles. The lowest BCUT2D eigenvalue weighted by Gasteiger charge is -2.21. The fourth-order valence-electron chi connectivity index (χ4n) is 3.51. The molecule has 0 radical (unpaired) electrons. The van der Waals surface area contributed by atoms with Crippen LogP contribution in [0.15, 0.2) is 34.5 Å². The number of thiophene rings is 1. The van der Waals surface area contributed by atoms with E-state index in [1.165, 1.54) is 9.09 Å². The highest BCUT2D eigenvalue weighted by Gasteiger charge is 2.18. The molecule has 27 heavy (non-hydrogen) atoms. The van der Waals surface area contributed by atoms with Gasteiger partial charge in [0.15, 0.2) is 0 Å². The van der Waals surface area contributed by atoms with Crippen LogP contribution < -0.4 is 5.32 Å². The van der Waals surface area contributed by atoms with Gasteiger partial charge in [0.2, 0.25) is 5.91 Å². The van der Waals surface area contributed by atoms with Crippen molar-refractivity contribution >= 4 is 34.7 Å². The Balaban J connectivity index is 1.49. The lowest BCUT2D eigenvalue weighted by molar-refractivity contribution is -0.117. The maximum absolute atomic E-state index is 12.5. The first-order chi connectivity index (χ1) is 13.0. The van der Waals surface area contributed by atoms with Crippen molar-refractivity contribution in [2.75, 3.05) is 44.3 Å². The molecule has 3 rings (SSSR count). The molecule has 1 N–H and O–H groups in total. The zero-order valence-electron chi connectivity index (χ0n) is 16.5. The second-order valence-electron chi connectivity index (χ2n) is 7.15. The summed E-state index contributed by atoms with van der Waals surface area (Å²) < 4.78 is 1.38. The molecular formula is C21H29N3OS2. The number of benzene rings is 1. The minimum Gasteiger partial charge on any atom is -0.324 e. The van der Waals surface area contributed by atoms with Crippen molar-refractivity contribution in [3.05, 3.63) is 46.3 Å². The molecule has 2 aromatic rings. The predicted octanol–water partition coefficient (Wildman–Crippen LogP) is 4.23. The Morgan fingerprint density at radius 3 is 2.48 bits per heavy atom. The molecule has 6 heteroatoms. The van der Waals surface area contributed by atoms with Gasteiger partial charge in [-0.1, -0.05) is 18.2 Å². The molecule has 1 aliphatic rings. The number of amides is 1. The number of nitrogens with zero attached hydrogens (tertiary/aromatic N) is 2. The van der Waals surface area contributed by atoms with Crippen molar-refractivity contribution in [2.24, 2.45) is 0 Å². The van der Waals surface area contributed by atoms with Gasteiger partial charge in [-0.15, -0.1) is 23.1 Å². The van der Waals surface area contributed by atoms with Crippen LogP contribution in [0.1, 0.15) is 22.4 Å². The van der Waals surface area contributed by atoms with Gasteiger partial charge in [-0.2, -0.15) is 0 Å². The van der Waals surface area contributed by atoms with E-state index < -0.39 is 0 Å². The summed E-state index contributed by atoms with van der Waals surface area (Å²) in [5.74, 6) is 0.0868. The van der Waals surface area contributed by atoms with E-state index in [1.54, 1.807) is 0 Å². The van der Waals surface area contributed by atoms with Crippen LogP contribution in [-0.4, -0.2) is 54.7 Å². The van der Waals surface area contributed by atoms with Crippen molar-refractivity contribution in [3.63, 3.8) is 0 Å². The van der Waals surface area contributed by atoms with Crippen LogP contribution in [-0.2, 0) is 11.3 Å². The first-order valence-electron chi connectivity index (χ1n) is 9.48. The standard InChI is InChI=1S/C21H29N3OS2/c1-16-6-4-7-17(2)21(16)22-19(25)15-24-11-5-10-23(12-13-24)14-18-8-9-20(26-3)27-18/h4,6-9H,5,10-15H2,1-3H3,(H,22,25). The SMILES string of the molecule is CSc1ccc(CN2CCCN(CC(=O)Nc3c(C)cccc3C)CC2)s1. The summed E-state index contributed by atoms with van der Waals surface area (Å²) in [4.78, 5) is 18.8. The fraction of sp³-hybridized carbons (Fsp3) is 0.476. The molecule has 4 nitrogen and oxygen atoms in total. The van der Waals surface area contributed by atoms with Gasteiger partial charge in [0, 0.05) is 30.2 Å². The van der Waals surface area contributed by atoms with Gasteiger partial charge in [0.05, 0.1) is 10.8 Å². The molecule has 146 valence electrons. The van der Waals surface area contributed by atoms with Gasteiger partial charge in [-0.05, 0) is 62.9 Å².